The Balaban J connectivity index is 1.61. The van der Waals surface area contributed by atoms with Crippen LogP contribution in [-0.2, 0) is 12.6 Å². The molecule has 3 aliphatic rings. The fourth-order valence-electron chi connectivity index (χ4n) is 6.47. The van der Waals surface area contributed by atoms with Crippen LogP contribution >= 0.6 is 0 Å². The van der Waals surface area contributed by atoms with Gasteiger partial charge < -0.3 is 14.1 Å². The molecule has 2 aromatic carbocycles. The smallest absolute Gasteiger partial charge is 0.417 e. The van der Waals surface area contributed by atoms with Gasteiger partial charge in [0.25, 0.3) is 0 Å². The number of benzene rings is 2. The lowest BCUT2D eigenvalue weighted by atomic mass is 9.85. The van der Waals surface area contributed by atoms with E-state index in [1.54, 1.807) is 12.1 Å². The number of aryl methyl sites for hydroxylation is 1. The van der Waals surface area contributed by atoms with Crippen molar-refractivity contribution in [3.05, 3.63) is 47.0 Å². The lowest BCUT2D eigenvalue weighted by Gasteiger charge is -2.45. The minimum Gasteiger partial charge on any atom is -0.497 e. The summed E-state index contributed by atoms with van der Waals surface area (Å²) in [6.45, 7) is 6.74. The summed E-state index contributed by atoms with van der Waals surface area (Å²) >= 11 is 0. The molecular weight excluding hydrogens is 425 g/mol. The first kappa shape index (κ1) is 22.6. The molecule has 3 atom stereocenters. The van der Waals surface area contributed by atoms with Gasteiger partial charge in [0.05, 0.1) is 45.3 Å². The van der Waals surface area contributed by atoms with E-state index in [0.29, 0.717) is 17.5 Å². The van der Waals surface area contributed by atoms with E-state index in [-0.39, 0.29) is 11.3 Å². The number of unbranched alkanes of at least 4 members (excludes halogenated alkanes) is 1. The number of halogens is 3. The molecule has 0 aliphatic carbocycles. The monoisotopic (exact) mass is 459 g/mol. The van der Waals surface area contributed by atoms with Gasteiger partial charge in [-0.1, -0.05) is 19.4 Å². The van der Waals surface area contributed by atoms with Crippen molar-refractivity contribution < 1.29 is 22.4 Å². The summed E-state index contributed by atoms with van der Waals surface area (Å²) in [6.07, 6.45) is 1.13. The maximum atomic E-state index is 14.0. The minimum absolute atomic E-state index is 0.232. The molecular formula is C27H34F3N2O+. The molecule has 3 aliphatic heterocycles. The van der Waals surface area contributed by atoms with Crippen molar-refractivity contribution in [3.8, 4) is 16.9 Å². The number of likely N-dealkylation sites (tertiary alicyclic amines) is 1. The Hall–Kier alpha value is -2.21. The second-order valence-electron chi connectivity index (χ2n) is 10.3. The highest BCUT2D eigenvalue weighted by atomic mass is 19.4. The summed E-state index contributed by atoms with van der Waals surface area (Å²) in [5.74, 6) is 0.621. The molecule has 3 nitrogen and oxygen atoms in total. The molecule has 178 valence electrons. The van der Waals surface area contributed by atoms with Crippen LogP contribution in [0.1, 0.15) is 55.2 Å². The first-order valence-electron chi connectivity index (χ1n) is 12.3. The summed E-state index contributed by atoms with van der Waals surface area (Å²) in [6, 6.07) is 8.92. The predicted molar refractivity (Wildman–Crippen MR) is 126 cm³/mol. The zero-order valence-electron chi connectivity index (χ0n) is 19.8. The lowest BCUT2D eigenvalue weighted by Crippen LogP contribution is -2.56. The maximum absolute atomic E-state index is 14.0. The highest BCUT2D eigenvalue weighted by Gasteiger charge is 2.48. The van der Waals surface area contributed by atoms with E-state index in [4.69, 9.17) is 4.74 Å². The maximum Gasteiger partial charge on any atom is 0.417 e. The number of quaternary nitrogens is 1. The second kappa shape index (κ2) is 8.23. The molecule has 0 spiro atoms. The summed E-state index contributed by atoms with van der Waals surface area (Å²) in [5, 5.41) is 0. The first-order chi connectivity index (χ1) is 15.7. The summed E-state index contributed by atoms with van der Waals surface area (Å²) < 4.78 is 48.2. The Morgan fingerprint density at radius 2 is 2.00 bits per heavy atom. The molecule has 0 amide bonds. The highest BCUT2D eigenvalue weighted by Crippen LogP contribution is 2.51. The van der Waals surface area contributed by atoms with Crippen LogP contribution in [-0.4, -0.2) is 50.9 Å². The molecule has 0 radical (unpaired) electrons. The van der Waals surface area contributed by atoms with E-state index in [2.05, 4.69) is 24.9 Å². The van der Waals surface area contributed by atoms with Gasteiger partial charge in [-0.15, -0.1) is 0 Å². The quantitative estimate of drug-likeness (QED) is 0.490. The average Bonchev–Trinajstić information content (AvgIpc) is 3.10. The molecule has 0 N–H and O–H groups in total. The van der Waals surface area contributed by atoms with Crippen molar-refractivity contribution in [2.75, 3.05) is 45.2 Å². The predicted octanol–water partition coefficient (Wildman–Crippen LogP) is 6.25. The van der Waals surface area contributed by atoms with Crippen molar-refractivity contribution in [1.82, 2.24) is 0 Å². The molecule has 2 aromatic rings. The van der Waals surface area contributed by atoms with E-state index in [1.807, 2.05) is 6.07 Å². The van der Waals surface area contributed by atoms with Crippen LogP contribution in [0, 0.1) is 0 Å². The Kier molecular flexibility index (Phi) is 5.63. The normalized spacial score (nSPS) is 26.2. The van der Waals surface area contributed by atoms with E-state index >= 15 is 0 Å². The molecule has 0 aromatic heterocycles. The van der Waals surface area contributed by atoms with Crippen molar-refractivity contribution in [2.45, 2.75) is 57.2 Å². The second-order valence-corrected chi connectivity index (χ2v) is 10.3. The van der Waals surface area contributed by atoms with Crippen LogP contribution in [0.4, 0.5) is 18.9 Å². The number of methoxy groups -OCH3 is 1. The van der Waals surface area contributed by atoms with Crippen molar-refractivity contribution in [2.24, 2.45) is 0 Å². The third kappa shape index (κ3) is 3.90. The number of anilines is 1. The number of hydrogen-bond donors (Lipinski definition) is 0. The highest BCUT2D eigenvalue weighted by molar-refractivity contribution is 5.78. The van der Waals surface area contributed by atoms with E-state index in [0.717, 1.165) is 42.9 Å². The summed E-state index contributed by atoms with van der Waals surface area (Å²) in [5.41, 5.74) is 4.14. The van der Waals surface area contributed by atoms with Crippen LogP contribution in [0.2, 0.25) is 0 Å². The Morgan fingerprint density at radius 3 is 2.73 bits per heavy atom. The molecule has 1 fully saturated rings. The van der Waals surface area contributed by atoms with Crippen molar-refractivity contribution in [3.63, 3.8) is 0 Å². The summed E-state index contributed by atoms with van der Waals surface area (Å²) in [4.78, 5) is 2.59. The van der Waals surface area contributed by atoms with Crippen LogP contribution in [0.25, 0.3) is 11.1 Å². The van der Waals surface area contributed by atoms with Gasteiger partial charge in [0, 0.05) is 24.7 Å². The zero-order chi connectivity index (χ0) is 23.4. The number of rotatable bonds is 5. The van der Waals surface area contributed by atoms with E-state index in [9.17, 15) is 13.2 Å². The standard InChI is InChI=1S/C27H34F3N2O/c1-4-5-12-32(2)13-10-25-23(17-32)22-15-19(14-18-7-6-11-31(25)26(18)22)21-9-8-20(33-3)16-24(21)27(28,29)30/h8-9,14-16,23,25H,4-7,10-13,17H2,1-3H3/q+1/t23-,25-,32?/m0/s1. The van der Waals surface area contributed by atoms with Gasteiger partial charge >= 0.3 is 6.18 Å². The van der Waals surface area contributed by atoms with E-state index < -0.39 is 11.7 Å². The molecule has 1 saturated heterocycles. The number of hydrogen-bond acceptors (Lipinski definition) is 2. The third-order valence-corrected chi connectivity index (χ3v) is 8.11. The van der Waals surface area contributed by atoms with Gasteiger partial charge in [0.1, 0.15) is 5.75 Å². The van der Waals surface area contributed by atoms with Gasteiger partial charge in [-0.3, -0.25) is 0 Å². The van der Waals surface area contributed by atoms with Crippen molar-refractivity contribution >= 4 is 5.69 Å². The molecule has 1 unspecified atom stereocenters. The van der Waals surface area contributed by atoms with Gasteiger partial charge in [-0.05, 0) is 65.8 Å². The SMILES string of the molecule is CCCC[N+]1(C)CC[C@H]2[C@@H](C1)c1cc(-c3ccc(OC)cc3C(F)(F)F)cc3c1N2CCC3. The molecule has 6 heteroatoms. The number of alkyl halides is 3. The minimum atomic E-state index is -4.44. The Morgan fingerprint density at radius 1 is 1.18 bits per heavy atom. The van der Waals surface area contributed by atoms with E-state index in [1.165, 1.54) is 49.9 Å². The van der Waals surface area contributed by atoms with Gasteiger partial charge in [0.2, 0.25) is 0 Å². The molecule has 33 heavy (non-hydrogen) atoms. The number of piperidine rings is 1. The average molecular weight is 460 g/mol. The lowest BCUT2D eigenvalue weighted by molar-refractivity contribution is -0.915. The van der Waals surface area contributed by atoms with Crippen LogP contribution < -0.4 is 9.64 Å². The molecule has 5 rings (SSSR count). The van der Waals surface area contributed by atoms with Crippen LogP contribution in [0.3, 0.4) is 0 Å². The molecule has 0 bridgehead atoms. The number of ether oxygens (including phenoxy) is 1. The Bertz CT molecular complexity index is 1050. The topological polar surface area (TPSA) is 12.5 Å². The summed E-state index contributed by atoms with van der Waals surface area (Å²) in [7, 11) is 3.77. The Labute approximate surface area is 194 Å². The van der Waals surface area contributed by atoms with Gasteiger partial charge in [-0.2, -0.15) is 13.2 Å². The number of nitrogens with zero attached hydrogens (tertiary/aromatic N) is 2. The van der Waals surface area contributed by atoms with Crippen molar-refractivity contribution in [1.29, 1.82) is 0 Å². The van der Waals surface area contributed by atoms with Gasteiger partial charge in [0.15, 0.2) is 0 Å². The van der Waals surface area contributed by atoms with Crippen LogP contribution in [0.5, 0.6) is 5.75 Å². The largest absolute Gasteiger partial charge is 0.497 e. The fourth-order valence-corrected chi connectivity index (χ4v) is 6.47. The third-order valence-electron chi connectivity index (χ3n) is 8.11. The molecule has 3 heterocycles. The zero-order valence-corrected chi connectivity index (χ0v) is 19.8. The molecule has 0 saturated carbocycles. The van der Waals surface area contributed by atoms with Gasteiger partial charge in [-0.25, -0.2) is 0 Å². The number of likely N-dealkylation sites (N-methyl/N-ethyl adjacent to an activating group) is 1. The fraction of sp³-hybridized carbons (Fsp3) is 0.556. The number of fused-ring (bicyclic) bond motifs is 3. The van der Waals surface area contributed by atoms with Crippen LogP contribution in [0.15, 0.2) is 30.3 Å². The first-order valence-corrected chi connectivity index (χ1v) is 12.3.